The first-order valence-corrected chi connectivity index (χ1v) is 7.64. The number of thiazole rings is 1. The number of hydrogen-bond donors (Lipinski definition) is 1. The minimum absolute atomic E-state index is 0.193. The molecular weight excluding hydrogens is 272 g/mol. The van der Waals surface area contributed by atoms with Gasteiger partial charge in [-0.25, -0.2) is 4.98 Å². The molecule has 1 aliphatic carbocycles. The molecule has 5 heteroatoms. The number of methoxy groups -OCH3 is 1. The quantitative estimate of drug-likeness (QED) is 0.859. The molecule has 1 saturated carbocycles. The van der Waals surface area contributed by atoms with Crippen molar-refractivity contribution >= 4 is 27.5 Å². The molecule has 2 aromatic rings. The van der Waals surface area contributed by atoms with Crippen molar-refractivity contribution in [3.63, 3.8) is 0 Å². The predicted molar refractivity (Wildman–Crippen MR) is 79.6 cm³/mol. The van der Waals surface area contributed by atoms with Crippen LogP contribution in [0.3, 0.4) is 0 Å². The third-order valence-corrected chi connectivity index (χ3v) is 5.16. The van der Waals surface area contributed by atoms with Gasteiger partial charge in [-0.15, -0.1) is 11.3 Å². The summed E-state index contributed by atoms with van der Waals surface area (Å²) in [6, 6.07) is 8.02. The molecule has 1 unspecified atom stereocenters. The molecule has 3 rings (SSSR count). The molecule has 0 aliphatic heterocycles. The Bertz CT molecular complexity index is 603. The minimum Gasteiger partial charge on any atom is -0.469 e. The van der Waals surface area contributed by atoms with Crippen molar-refractivity contribution in [2.75, 3.05) is 13.7 Å². The summed E-state index contributed by atoms with van der Waals surface area (Å²) < 4.78 is 6.16. The molecule has 4 nitrogen and oxygen atoms in total. The largest absolute Gasteiger partial charge is 0.469 e. The summed E-state index contributed by atoms with van der Waals surface area (Å²) >= 11 is 1.64. The second kappa shape index (κ2) is 5.14. The number of nitrogens with zero attached hydrogens (tertiary/aromatic N) is 1. The summed E-state index contributed by atoms with van der Waals surface area (Å²) in [6.07, 6.45) is 2.69. The number of ether oxygens (including phenoxy) is 1. The van der Waals surface area contributed by atoms with Gasteiger partial charge in [-0.05, 0) is 30.9 Å². The SMILES string of the molecule is COC(=O)C(CN)(Cc1nc2ccccc2s1)C1CC1. The van der Waals surface area contributed by atoms with Gasteiger partial charge >= 0.3 is 5.97 Å². The Kier molecular flexibility index (Phi) is 3.48. The highest BCUT2D eigenvalue weighted by Gasteiger charge is 2.51. The molecule has 1 aromatic carbocycles. The first-order valence-electron chi connectivity index (χ1n) is 6.82. The van der Waals surface area contributed by atoms with Crippen molar-refractivity contribution in [1.82, 2.24) is 4.98 Å². The molecule has 106 valence electrons. The van der Waals surface area contributed by atoms with Gasteiger partial charge in [0.2, 0.25) is 0 Å². The first-order chi connectivity index (χ1) is 9.69. The Morgan fingerprint density at radius 2 is 2.25 bits per heavy atom. The van der Waals surface area contributed by atoms with Crippen LogP contribution >= 0.6 is 11.3 Å². The molecule has 1 aliphatic rings. The lowest BCUT2D eigenvalue weighted by atomic mass is 9.79. The number of para-hydroxylation sites is 1. The van der Waals surface area contributed by atoms with Crippen molar-refractivity contribution in [1.29, 1.82) is 0 Å². The average Bonchev–Trinajstić information content (AvgIpc) is 3.24. The summed E-state index contributed by atoms with van der Waals surface area (Å²) in [6.45, 7) is 0.320. The number of hydrogen-bond acceptors (Lipinski definition) is 5. The summed E-state index contributed by atoms with van der Waals surface area (Å²) in [4.78, 5) is 16.9. The van der Waals surface area contributed by atoms with Crippen molar-refractivity contribution in [2.24, 2.45) is 17.1 Å². The molecule has 0 radical (unpaired) electrons. The fourth-order valence-corrected chi connectivity index (χ4v) is 3.90. The van der Waals surface area contributed by atoms with Crippen LogP contribution in [0.25, 0.3) is 10.2 Å². The molecule has 0 spiro atoms. The standard InChI is InChI=1S/C15H18N2O2S/c1-19-14(18)15(9-16,10-6-7-10)8-13-17-11-4-2-3-5-12(11)20-13/h2-5,10H,6-9,16H2,1H3. The maximum absolute atomic E-state index is 12.2. The number of rotatable bonds is 5. The van der Waals surface area contributed by atoms with Gasteiger partial charge in [0.15, 0.2) is 0 Å². The van der Waals surface area contributed by atoms with E-state index in [0.717, 1.165) is 28.1 Å². The molecule has 1 atom stereocenters. The zero-order valence-corrected chi connectivity index (χ0v) is 12.3. The van der Waals surface area contributed by atoms with Crippen LogP contribution in [0, 0.1) is 11.3 Å². The maximum atomic E-state index is 12.2. The van der Waals surface area contributed by atoms with E-state index >= 15 is 0 Å². The van der Waals surface area contributed by atoms with E-state index < -0.39 is 5.41 Å². The van der Waals surface area contributed by atoms with Gasteiger partial charge in [0.05, 0.1) is 27.7 Å². The van der Waals surface area contributed by atoms with Gasteiger partial charge in [-0.2, -0.15) is 0 Å². The van der Waals surface area contributed by atoms with Crippen molar-refractivity contribution in [3.05, 3.63) is 29.3 Å². The monoisotopic (exact) mass is 290 g/mol. The Balaban J connectivity index is 1.94. The molecule has 0 amide bonds. The van der Waals surface area contributed by atoms with Crippen LogP contribution in [0.15, 0.2) is 24.3 Å². The molecule has 1 heterocycles. The fourth-order valence-electron chi connectivity index (χ4n) is 2.81. The summed E-state index contributed by atoms with van der Waals surface area (Å²) in [5, 5.41) is 0.967. The number of aromatic nitrogens is 1. The topological polar surface area (TPSA) is 65.2 Å². The number of fused-ring (bicyclic) bond motifs is 1. The molecular formula is C15H18N2O2S. The average molecular weight is 290 g/mol. The number of nitrogens with two attached hydrogens (primary N) is 1. The molecule has 2 N–H and O–H groups in total. The van der Waals surface area contributed by atoms with Gasteiger partial charge < -0.3 is 10.5 Å². The highest BCUT2D eigenvalue weighted by molar-refractivity contribution is 7.18. The molecule has 0 saturated heterocycles. The number of carbonyl (C=O) groups is 1. The highest BCUT2D eigenvalue weighted by Crippen LogP contribution is 2.48. The van der Waals surface area contributed by atoms with E-state index in [-0.39, 0.29) is 5.97 Å². The Hall–Kier alpha value is -1.46. The summed E-state index contributed by atoms with van der Waals surface area (Å²) in [7, 11) is 1.44. The lowest BCUT2D eigenvalue weighted by molar-refractivity contribution is -0.153. The van der Waals surface area contributed by atoms with E-state index in [2.05, 4.69) is 11.1 Å². The first kappa shape index (κ1) is 13.5. The van der Waals surface area contributed by atoms with Gasteiger partial charge in [0.25, 0.3) is 0 Å². The van der Waals surface area contributed by atoms with E-state index in [1.807, 2.05) is 18.2 Å². The van der Waals surface area contributed by atoms with Crippen LogP contribution in [0.2, 0.25) is 0 Å². The van der Waals surface area contributed by atoms with E-state index in [0.29, 0.717) is 18.9 Å². The van der Waals surface area contributed by atoms with Crippen molar-refractivity contribution < 1.29 is 9.53 Å². The zero-order valence-electron chi connectivity index (χ0n) is 11.5. The van der Waals surface area contributed by atoms with Crippen LogP contribution in [-0.4, -0.2) is 24.6 Å². The Morgan fingerprint density at radius 3 is 2.85 bits per heavy atom. The van der Waals surface area contributed by atoms with Crippen LogP contribution in [0.1, 0.15) is 17.8 Å². The molecule has 0 bridgehead atoms. The second-order valence-corrected chi connectivity index (χ2v) is 6.49. The third kappa shape index (κ3) is 2.21. The van der Waals surface area contributed by atoms with Crippen LogP contribution < -0.4 is 5.73 Å². The van der Waals surface area contributed by atoms with Gasteiger partial charge in [0.1, 0.15) is 0 Å². The van der Waals surface area contributed by atoms with Crippen LogP contribution in [-0.2, 0) is 16.0 Å². The molecule has 1 fully saturated rings. The van der Waals surface area contributed by atoms with E-state index in [4.69, 9.17) is 10.5 Å². The number of carbonyl (C=O) groups excluding carboxylic acids is 1. The summed E-state index contributed by atoms with van der Waals surface area (Å²) in [5.74, 6) is 0.147. The van der Waals surface area contributed by atoms with Crippen molar-refractivity contribution in [2.45, 2.75) is 19.3 Å². The predicted octanol–water partition coefficient (Wildman–Crippen LogP) is 2.37. The maximum Gasteiger partial charge on any atom is 0.313 e. The van der Waals surface area contributed by atoms with E-state index in [1.54, 1.807) is 11.3 Å². The smallest absolute Gasteiger partial charge is 0.313 e. The molecule has 1 aromatic heterocycles. The molecule has 20 heavy (non-hydrogen) atoms. The third-order valence-electron chi connectivity index (χ3n) is 4.12. The Morgan fingerprint density at radius 1 is 1.50 bits per heavy atom. The van der Waals surface area contributed by atoms with E-state index in [9.17, 15) is 4.79 Å². The zero-order chi connectivity index (χ0) is 14.2. The second-order valence-electron chi connectivity index (χ2n) is 5.38. The minimum atomic E-state index is -0.595. The normalized spacial score (nSPS) is 17.9. The van der Waals surface area contributed by atoms with Gasteiger partial charge in [-0.1, -0.05) is 12.1 Å². The summed E-state index contributed by atoms with van der Waals surface area (Å²) in [5.41, 5.74) is 6.33. The highest BCUT2D eigenvalue weighted by atomic mass is 32.1. The van der Waals surface area contributed by atoms with Crippen LogP contribution in [0.4, 0.5) is 0 Å². The van der Waals surface area contributed by atoms with Crippen molar-refractivity contribution in [3.8, 4) is 0 Å². The van der Waals surface area contributed by atoms with Crippen LogP contribution in [0.5, 0.6) is 0 Å². The number of benzene rings is 1. The number of esters is 1. The Labute approximate surface area is 122 Å². The van der Waals surface area contributed by atoms with Gasteiger partial charge in [-0.3, -0.25) is 4.79 Å². The van der Waals surface area contributed by atoms with Gasteiger partial charge in [0, 0.05) is 13.0 Å². The fraction of sp³-hybridized carbons (Fsp3) is 0.467. The lowest BCUT2D eigenvalue weighted by Gasteiger charge is -2.28. The lowest BCUT2D eigenvalue weighted by Crippen LogP contribution is -2.43. The van der Waals surface area contributed by atoms with E-state index in [1.165, 1.54) is 7.11 Å².